The Morgan fingerprint density at radius 3 is 2.05 bits per heavy atom. The van der Waals surface area contributed by atoms with E-state index in [4.69, 9.17) is 5.73 Å². The smallest absolute Gasteiger partial charge is 0.234 e. The Balaban J connectivity index is 2.84. The summed E-state index contributed by atoms with van der Waals surface area (Å²) in [6, 6.07) is -0.192. The lowest BCUT2D eigenvalue weighted by atomic mass is 9.81. The van der Waals surface area contributed by atoms with Crippen LogP contribution in [-0.4, -0.2) is 17.5 Å². The number of rotatable bonds is 7. The van der Waals surface area contributed by atoms with Crippen LogP contribution in [0.1, 0.15) is 91.4 Å². The Kier molecular flexibility index (Phi) is 8.31. The molecule has 1 saturated carbocycles. The third-order valence-corrected chi connectivity index (χ3v) is 5.00. The van der Waals surface area contributed by atoms with Gasteiger partial charge in [-0.15, -0.1) is 0 Å². The number of hydrogen-bond acceptors (Lipinski definition) is 2. The van der Waals surface area contributed by atoms with Gasteiger partial charge in [0.15, 0.2) is 0 Å². The van der Waals surface area contributed by atoms with E-state index in [0.717, 1.165) is 0 Å². The average molecular weight is 296 g/mol. The van der Waals surface area contributed by atoms with Gasteiger partial charge in [0.05, 0.1) is 6.04 Å². The van der Waals surface area contributed by atoms with Gasteiger partial charge in [0.1, 0.15) is 0 Å². The number of carbonyl (C=O) groups excluding carboxylic acids is 1. The number of amides is 1. The lowest BCUT2D eigenvalue weighted by Crippen LogP contribution is -2.56. The summed E-state index contributed by atoms with van der Waals surface area (Å²) in [6.07, 6.45) is 14.0. The van der Waals surface area contributed by atoms with Gasteiger partial charge in [-0.3, -0.25) is 4.79 Å². The summed E-state index contributed by atoms with van der Waals surface area (Å²) in [6.45, 7) is 6.42. The number of nitrogens with two attached hydrogens (primary N) is 1. The molecule has 0 aromatic rings. The van der Waals surface area contributed by atoms with Crippen LogP contribution in [0.4, 0.5) is 0 Å². The van der Waals surface area contributed by atoms with E-state index in [9.17, 15) is 4.79 Å². The molecule has 3 nitrogen and oxygen atoms in total. The van der Waals surface area contributed by atoms with Crippen LogP contribution in [0.25, 0.3) is 0 Å². The van der Waals surface area contributed by atoms with Gasteiger partial charge in [-0.2, -0.15) is 0 Å². The second kappa shape index (κ2) is 9.45. The quantitative estimate of drug-likeness (QED) is 0.741. The van der Waals surface area contributed by atoms with Crippen molar-refractivity contribution in [2.45, 2.75) is 103 Å². The molecule has 0 heterocycles. The molecule has 1 amide bonds. The van der Waals surface area contributed by atoms with Crippen molar-refractivity contribution >= 4 is 5.91 Å². The van der Waals surface area contributed by atoms with Gasteiger partial charge in [0.2, 0.25) is 5.91 Å². The van der Waals surface area contributed by atoms with Crippen LogP contribution in [0.5, 0.6) is 0 Å². The van der Waals surface area contributed by atoms with E-state index < -0.39 is 0 Å². The highest BCUT2D eigenvalue weighted by atomic mass is 16.1. The summed E-state index contributed by atoms with van der Waals surface area (Å²) in [7, 11) is 0. The van der Waals surface area contributed by atoms with E-state index in [0.29, 0.717) is 0 Å². The van der Waals surface area contributed by atoms with Gasteiger partial charge < -0.3 is 11.1 Å². The minimum Gasteiger partial charge on any atom is -0.368 e. The fourth-order valence-corrected chi connectivity index (χ4v) is 3.64. The summed E-state index contributed by atoms with van der Waals surface area (Å²) in [4.78, 5) is 11.8. The Hall–Kier alpha value is -0.570. The Morgan fingerprint density at radius 2 is 1.62 bits per heavy atom. The molecule has 124 valence electrons. The topological polar surface area (TPSA) is 55.1 Å². The van der Waals surface area contributed by atoms with E-state index in [2.05, 4.69) is 26.1 Å². The van der Waals surface area contributed by atoms with Crippen LogP contribution in [0.2, 0.25) is 0 Å². The van der Waals surface area contributed by atoms with Crippen molar-refractivity contribution < 1.29 is 4.79 Å². The second-order valence-corrected chi connectivity index (χ2v) is 7.27. The van der Waals surface area contributed by atoms with Gasteiger partial charge in [-0.05, 0) is 25.2 Å². The average Bonchev–Trinajstić information content (AvgIpc) is 2.55. The summed E-state index contributed by atoms with van der Waals surface area (Å²) >= 11 is 0. The highest BCUT2D eigenvalue weighted by molar-refractivity contribution is 5.80. The van der Waals surface area contributed by atoms with Crippen molar-refractivity contribution in [2.24, 2.45) is 11.7 Å². The van der Waals surface area contributed by atoms with Crippen molar-refractivity contribution in [1.29, 1.82) is 0 Å². The van der Waals surface area contributed by atoms with Crippen LogP contribution < -0.4 is 11.1 Å². The molecule has 1 atom stereocenters. The number of nitrogens with one attached hydrogen (secondary N) is 1. The molecule has 0 spiro atoms. The lowest BCUT2D eigenvalue weighted by Gasteiger charge is -2.39. The van der Waals surface area contributed by atoms with Crippen LogP contribution in [-0.2, 0) is 4.79 Å². The number of unbranched alkanes of at least 4 members (excludes halogenated alkanes) is 1. The predicted octanol–water partition coefficient (Wildman–Crippen LogP) is 4.15. The van der Waals surface area contributed by atoms with Crippen LogP contribution in [0.3, 0.4) is 0 Å². The zero-order valence-electron chi connectivity index (χ0n) is 14.4. The molecule has 1 fully saturated rings. The number of carbonyl (C=O) groups is 1. The molecule has 21 heavy (non-hydrogen) atoms. The third kappa shape index (κ3) is 6.37. The summed E-state index contributed by atoms with van der Waals surface area (Å²) in [5.41, 5.74) is 5.77. The van der Waals surface area contributed by atoms with E-state index in [1.54, 1.807) is 0 Å². The molecule has 0 radical (unpaired) electrons. The standard InChI is InChI=1S/C18H36N2O/c1-4-5-12-18(20-16(15(2)3)17(19)21)13-10-8-6-7-9-11-14-18/h15-16,20H,4-14H2,1-3H3,(H2,19,21)/t16-/m0/s1. The highest BCUT2D eigenvalue weighted by Gasteiger charge is 2.34. The maximum absolute atomic E-state index is 11.8. The maximum atomic E-state index is 11.8. The Morgan fingerprint density at radius 1 is 1.10 bits per heavy atom. The molecule has 0 unspecified atom stereocenters. The van der Waals surface area contributed by atoms with Crippen LogP contribution >= 0.6 is 0 Å². The molecule has 1 aliphatic carbocycles. The number of hydrogen-bond donors (Lipinski definition) is 2. The van der Waals surface area contributed by atoms with Crippen LogP contribution in [0, 0.1) is 5.92 Å². The highest BCUT2D eigenvalue weighted by Crippen LogP contribution is 2.31. The first kappa shape index (κ1) is 18.5. The summed E-state index contributed by atoms with van der Waals surface area (Å²) < 4.78 is 0. The minimum absolute atomic E-state index is 0.129. The molecule has 0 aromatic heterocycles. The monoisotopic (exact) mass is 296 g/mol. The predicted molar refractivity (Wildman–Crippen MR) is 90.1 cm³/mol. The first-order valence-corrected chi connectivity index (χ1v) is 9.08. The Labute approximate surface area is 131 Å². The first-order valence-electron chi connectivity index (χ1n) is 9.08. The summed E-state index contributed by atoms with van der Waals surface area (Å²) in [5.74, 6) is 0.0642. The van der Waals surface area contributed by atoms with Gasteiger partial charge in [0, 0.05) is 5.54 Å². The van der Waals surface area contributed by atoms with Crippen LogP contribution in [0.15, 0.2) is 0 Å². The molecular weight excluding hydrogens is 260 g/mol. The van der Waals surface area contributed by atoms with Crippen molar-refractivity contribution in [3.05, 3.63) is 0 Å². The molecule has 1 aliphatic rings. The zero-order valence-corrected chi connectivity index (χ0v) is 14.4. The molecule has 0 aliphatic heterocycles. The van der Waals surface area contributed by atoms with Crippen molar-refractivity contribution in [3.8, 4) is 0 Å². The third-order valence-electron chi connectivity index (χ3n) is 5.00. The molecule has 3 heteroatoms. The van der Waals surface area contributed by atoms with E-state index >= 15 is 0 Å². The van der Waals surface area contributed by atoms with Gasteiger partial charge in [-0.1, -0.05) is 72.1 Å². The largest absolute Gasteiger partial charge is 0.368 e. The van der Waals surface area contributed by atoms with E-state index in [1.165, 1.54) is 70.6 Å². The minimum atomic E-state index is -0.194. The van der Waals surface area contributed by atoms with Gasteiger partial charge in [0.25, 0.3) is 0 Å². The SMILES string of the molecule is CCCCC1(N[C@H](C(N)=O)C(C)C)CCCCCCCC1. The first-order chi connectivity index (χ1) is 10.0. The molecular formula is C18H36N2O. The molecule has 3 N–H and O–H groups in total. The lowest BCUT2D eigenvalue weighted by molar-refractivity contribution is -0.121. The summed E-state index contributed by atoms with van der Waals surface area (Å²) in [5, 5.41) is 3.72. The normalized spacial score (nSPS) is 21.3. The molecule has 1 rings (SSSR count). The van der Waals surface area contributed by atoms with Crippen molar-refractivity contribution in [2.75, 3.05) is 0 Å². The maximum Gasteiger partial charge on any atom is 0.234 e. The molecule has 0 aromatic carbocycles. The van der Waals surface area contributed by atoms with Gasteiger partial charge in [-0.25, -0.2) is 0 Å². The number of primary amides is 1. The Bertz CT molecular complexity index is 292. The van der Waals surface area contributed by atoms with E-state index in [1.807, 2.05) is 0 Å². The fraction of sp³-hybridized carbons (Fsp3) is 0.944. The molecule has 0 saturated heterocycles. The van der Waals surface area contributed by atoms with Gasteiger partial charge >= 0.3 is 0 Å². The van der Waals surface area contributed by atoms with Crippen molar-refractivity contribution in [3.63, 3.8) is 0 Å². The van der Waals surface area contributed by atoms with Crippen molar-refractivity contribution in [1.82, 2.24) is 5.32 Å². The zero-order chi connectivity index (χ0) is 15.7. The molecule has 0 bridgehead atoms. The fourth-order valence-electron chi connectivity index (χ4n) is 3.64. The second-order valence-electron chi connectivity index (χ2n) is 7.27. The van der Waals surface area contributed by atoms with E-state index in [-0.39, 0.29) is 23.4 Å².